The maximum Gasteiger partial charge on any atom is 0.362 e. The van der Waals surface area contributed by atoms with E-state index in [1.165, 1.54) is 0 Å². The first-order valence-corrected chi connectivity index (χ1v) is 6.82. The Morgan fingerprint density at radius 3 is 2.71 bits per heavy atom. The molecule has 0 saturated heterocycles. The van der Waals surface area contributed by atoms with Crippen LogP contribution in [0.4, 0.5) is 0 Å². The van der Waals surface area contributed by atoms with Gasteiger partial charge < -0.3 is 5.73 Å². The molecule has 1 unspecified atom stereocenters. The first-order valence-electron chi connectivity index (χ1n) is 5.42. The fourth-order valence-electron chi connectivity index (χ4n) is 1.17. The minimum Gasteiger partial charge on any atom is -0.320 e. The third-order valence-corrected chi connectivity index (χ3v) is 3.58. The lowest BCUT2D eigenvalue weighted by Gasteiger charge is -2.14. The van der Waals surface area contributed by atoms with Crippen LogP contribution in [0.5, 0.6) is 0 Å². The number of hydrogen-bond donors (Lipinski definition) is 2. The fourth-order valence-corrected chi connectivity index (χ4v) is 2.31. The van der Waals surface area contributed by atoms with E-state index in [9.17, 15) is 13.2 Å². The van der Waals surface area contributed by atoms with Crippen molar-refractivity contribution in [1.29, 1.82) is 0 Å². The second kappa shape index (κ2) is 5.16. The molecule has 0 aromatic rings. The van der Waals surface area contributed by atoms with Crippen molar-refractivity contribution in [3.05, 3.63) is 12.7 Å². The number of rotatable bonds is 7. The predicted octanol–water partition coefficient (Wildman–Crippen LogP) is 0.210. The molecule has 6 nitrogen and oxygen atoms in total. The van der Waals surface area contributed by atoms with E-state index in [0.717, 1.165) is 0 Å². The quantitative estimate of drug-likeness (QED) is 0.639. The molecule has 0 bridgehead atoms. The Morgan fingerprint density at radius 1 is 1.65 bits per heavy atom. The summed E-state index contributed by atoms with van der Waals surface area (Å²) in [5, 5.41) is 0. The zero-order chi connectivity index (χ0) is 13.1. The van der Waals surface area contributed by atoms with Crippen molar-refractivity contribution in [3.63, 3.8) is 0 Å². The molecule has 1 atom stereocenters. The largest absolute Gasteiger partial charge is 0.362 e. The van der Waals surface area contributed by atoms with Crippen LogP contribution in [0, 0.1) is 0 Å². The molecule has 98 valence electrons. The molecule has 0 aromatic carbocycles. The summed E-state index contributed by atoms with van der Waals surface area (Å²) in [4.78, 5) is 11.4. The van der Waals surface area contributed by atoms with E-state index < -0.39 is 27.9 Å². The van der Waals surface area contributed by atoms with Crippen LogP contribution >= 0.6 is 0 Å². The van der Waals surface area contributed by atoms with Crippen molar-refractivity contribution in [3.8, 4) is 0 Å². The standard InChI is InChI=1S/C10H18N2O4S/c1-3-4-5-8(11)9(13)12-17(14,15)16-10(2)6-7-10/h3,8H,1,4-7,11H2,2H3,(H,12,13). The maximum absolute atomic E-state index is 11.4. The molecule has 3 N–H and O–H groups in total. The molecule has 1 aliphatic carbocycles. The Balaban J connectivity index is 2.46. The van der Waals surface area contributed by atoms with Crippen molar-refractivity contribution < 1.29 is 17.4 Å². The predicted molar refractivity (Wildman–Crippen MR) is 63.2 cm³/mol. The number of nitrogens with one attached hydrogen (secondary N) is 1. The van der Waals surface area contributed by atoms with Gasteiger partial charge >= 0.3 is 10.3 Å². The van der Waals surface area contributed by atoms with Crippen LogP contribution in [0.15, 0.2) is 12.7 Å². The summed E-state index contributed by atoms with van der Waals surface area (Å²) in [6, 6.07) is -0.876. The Hall–Kier alpha value is -0.920. The van der Waals surface area contributed by atoms with Crippen molar-refractivity contribution in [1.82, 2.24) is 4.72 Å². The Morgan fingerprint density at radius 2 is 2.24 bits per heavy atom. The van der Waals surface area contributed by atoms with Crippen LogP contribution in [0.2, 0.25) is 0 Å². The van der Waals surface area contributed by atoms with Gasteiger partial charge in [-0.25, -0.2) is 8.91 Å². The smallest absolute Gasteiger partial charge is 0.320 e. The molecule has 1 rings (SSSR count). The second-order valence-electron chi connectivity index (χ2n) is 4.43. The van der Waals surface area contributed by atoms with Gasteiger partial charge in [-0.1, -0.05) is 6.08 Å². The minimum absolute atomic E-state index is 0.349. The van der Waals surface area contributed by atoms with Crippen LogP contribution < -0.4 is 10.5 Å². The highest BCUT2D eigenvalue weighted by molar-refractivity contribution is 7.85. The Labute approximate surface area is 101 Å². The molecule has 1 saturated carbocycles. The summed E-state index contributed by atoms with van der Waals surface area (Å²) < 4.78 is 29.5. The molecule has 7 heteroatoms. The first kappa shape index (κ1) is 14.1. The minimum atomic E-state index is -4.05. The summed E-state index contributed by atoms with van der Waals surface area (Å²) in [5.74, 6) is -0.754. The number of carbonyl (C=O) groups is 1. The van der Waals surface area contributed by atoms with Crippen LogP contribution in [0.25, 0.3) is 0 Å². The van der Waals surface area contributed by atoms with Crippen LogP contribution in [-0.4, -0.2) is 26.0 Å². The fraction of sp³-hybridized carbons (Fsp3) is 0.700. The summed E-state index contributed by atoms with van der Waals surface area (Å²) in [7, 11) is -4.05. The summed E-state index contributed by atoms with van der Waals surface area (Å²) in [5.41, 5.74) is 4.85. The molecule has 0 radical (unpaired) electrons. The summed E-state index contributed by atoms with van der Waals surface area (Å²) >= 11 is 0. The highest BCUT2D eigenvalue weighted by Gasteiger charge is 2.43. The van der Waals surface area contributed by atoms with Crippen LogP contribution in [-0.2, 0) is 19.3 Å². The molecule has 1 amide bonds. The van der Waals surface area contributed by atoms with Gasteiger partial charge in [-0.05, 0) is 32.6 Å². The SMILES string of the molecule is C=CCCC(N)C(=O)NS(=O)(=O)OC1(C)CC1. The third-order valence-electron chi connectivity index (χ3n) is 2.51. The summed E-state index contributed by atoms with van der Waals surface area (Å²) in [6.45, 7) is 5.17. The summed E-state index contributed by atoms with van der Waals surface area (Å²) in [6.07, 6.45) is 3.86. The molecule has 0 heterocycles. The van der Waals surface area contributed by atoms with Gasteiger partial charge in [-0.2, -0.15) is 8.42 Å². The molecule has 17 heavy (non-hydrogen) atoms. The van der Waals surface area contributed by atoms with E-state index in [4.69, 9.17) is 9.92 Å². The number of carbonyl (C=O) groups excluding carboxylic acids is 1. The van der Waals surface area contributed by atoms with E-state index in [0.29, 0.717) is 25.7 Å². The topological polar surface area (TPSA) is 98.5 Å². The normalized spacial score (nSPS) is 19.4. The molecule has 1 aliphatic rings. The molecule has 1 fully saturated rings. The van der Waals surface area contributed by atoms with Gasteiger partial charge in [0.25, 0.3) is 5.91 Å². The number of allylic oxidation sites excluding steroid dienone is 1. The van der Waals surface area contributed by atoms with E-state index in [2.05, 4.69) is 6.58 Å². The maximum atomic E-state index is 11.4. The molecular formula is C10H18N2O4S. The highest BCUT2D eigenvalue weighted by Crippen LogP contribution is 2.39. The lowest BCUT2D eigenvalue weighted by atomic mass is 10.1. The van der Waals surface area contributed by atoms with Crippen molar-refractivity contribution >= 4 is 16.2 Å². The average molecular weight is 262 g/mol. The van der Waals surface area contributed by atoms with Gasteiger partial charge in [0.15, 0.2) is 0 Å². The third kappa shape index (κ3) is 4.84. The van der Waals surface area contributed by atoms with E-state index in [1.807, 2.05) is 4.72 Å². The average Bonchev–Trinajstić information content (AvgIpc) is 2.90. The lowest BCUT2D eigenvalue weighted by molar-refractivity contribution is -0.120. The lowest BCUT2D eigenvalue weighted by Crippen LogP contribution is -2.44. The van der Waals surface area contributed by atoms with Crippen molar-refractivity contribution in [2.45, 2.75) is 44.2 Å². The van der Waals surface area contributed by atoms with Gasteiger partial charge in [0.2, 0.25) is 0 Å². The Kier molecular flexibility index (Phi) is 4.29. The molecular weight excluding hydrogens is 244 g/mol. The van der Waals surface area contributed by atoms with Gasteiger partial charge in [0.05, 0.1) is 11.6 Å². The molecule has 0 aromatic heterocycles. The molecule has 0 aliphatic heterocycles. The number of hydrogen-bond acceptors (Lipinski definition) is 5. The van der Waals surface area contributed by atoms with Crippen molar-refractivity contribution in [2.75, 3.05) is 0 Å². The monoisotopic (exact) mass is 262 g/mol. The van der Waals surface area contributed by atoms with E-state index >= 15 is 0 Å². The second-order valence-corrected chi connectivity index (χ2v) is 5.71. The van der Waals surface area contributed by atoms with Crippen LogP contribution in [0.1, 0.15) is 32.6 Å². The number of amides is 1. The van der Waals surface area contributed by atoms with Crippen molar-refractivity contribution in [2.24, 2.45) is 5.73 Å². The van der Waals surface area contributed by atoms with Gasteiger partial charge in [0, 0.05) is 0 Å². The van der Waals surface area contributed by atoms with Gasteiger partial charge in [-0.15, -0.1) is 6.58 Å². The van der Waals surface area contributed by atoms with Gasteiger partial charge in [-0.3, -0.25) is 4.79 Å². The van der Waals surface area contributed by atoms with E-state index in [-0.39, 0.29) is 0 Å². The first-order chi connectivity index (χ1) is 7.78. The Bertz CT molecular complexity index is 401. The zero-order valence-electron chi connectivity index (χ0n) is 9.81. The molecule has 0 spiro atoms. The number of nitrogens with two attached hydrogens (primary N) is 1. The van der Waals surface area contributed by atoms with E-state index in [1.54, 1.807) is 13.0 Å². The van der Waals surface area contributed by atoms with Crippen LogP contribution in [0.3, 0.4) is 0 Å². The van der Waals surface area contributed by atoms with Gasteiger partial charge in [0.1, 0.15) is 0 Å². The zero-order valence-corrected chi connectivity index (χ0v) is 10.6. The highest BCUT2D eigenvalue weighted by atomic mass is 32.2.